The van der Waals surface area contributed by atoms with E-state index in [1.807, 2.05) is 19.0 Å². The van der Waals surface area contributed by atoms with Gasteiger partial charge in [0.05, 0.1) is 18.8 Å². The molecule has 16 heavy (non-hydrogen) atoms. The molecule has 7 nitrogen and oxygen atoms in total. The molecule has 1 atom stereocenters. The number of fused-ring (bicyclic) bond motifs is 1. The van der Waals surface area contributed by atoms with Crippen molar-refractivity contribution in [2.45, 2.75) is 17.5 Å². The number of nitrogens with two attached hydrogens (primary N) is 1. The first kappa shape index (κ1) is 11.4. The smallest absolute Gasteiger partial charge is 0.245 e. The summed E-state index contributed by atoms with van der Waals surface area (Å²) in [7, 11) is 0.107. The molecule has 2 heterocycles. The Balaban J connectivity index is 2.34. The van der Waals surface area contributed by atoms with E-state index in [1.54, 1.807) is 0 Å². The van der Waals surface area contributed by atoms with Crippen LogP contribution >= 0.6 is 0 Å². The summed E-state index contributed by atoms with van der Waals surface area (Å²) in [5.74, 6) is 0.237. The fraction of sp³-hybridized carbons (Fsp3) is 0.625. The van der Waals surface area contributed by atoms with Crippen LogP contribution in [0, 0.1) is 0 Å². The number of aromatic nitrogens is 2. The molecular formula is C8H14N4O3S. The van der Waals surface area contributed by atoms with Gasteiger partial charge in [0.1, 0.15) is 6.61 Å². The maximum atomic E-state index is 11.2. The van der Waals surface area contributed by atoms with Crippen molar-refractivity contribution in [1.29, 1.82) is 0 Å². The van der Waals surface area contributed by atoms with Crippen LogP contribution in [-0.2, 0) is 16.6 Å². The van der Waals surface area contributed by atoms with Crippen molar-refractivity contribution in [3.8, 4) is 5.88 Å². The summed E-state index contributed by atoms with van der Waals surface area (Å²) in [6, 6.07) is 0.181. The minimum absolute atomic E-state index is 0.0512. The number of nitrogens with zero attached hydrogens (tertiary/aromatic N) is 3. The highest BCUT2D eigenvalue weighted by atomic mass is 32.2. The molecule has 1 aromatic heterocycles. The number of rotatable bonds is 2. The van der Waals surface area contributed by atoms with Crippen LogP contribution in [-0.4, -0.2) is 49.8 Å². The molecule has 0 spiro atoms. The van der Waals surface area contributed by atoms with Crippen molar-refractivity contribution < 1.29 is 13.2 Å². The van der Waals surface area contributed by atoms with E-state index in [4.69, 9.17) is 9.88 Å². The van der Waals surface area contributed by atoms with Crippen molar-refractivity contribution in [3.63, 3.8) is 0 Å². The fourth-order valence-corrected chi connectivity index (χ4v) is 2.17. The van der Waals surface area contributed by atoms with Crippen LogP contribution in [0.1, 0.15) is 0 Å². The van der Waals surface area contributed by atoms with E-state index in [0.717, 1.165) is 0 Å². The Bertz CT molecular complexity index is 493. The van der Waals surface area contributed by atoms with Crippen molar-refractivity contribution in [2.75, 3.05) is 20.7 Å². The largest absolute Gasteiger partial charge is 0.475 e. The van der Waals surface area contributed by atoms with Crippen LogP contribution in [0.3, 0.4) is 0 Å². The van der Waals surface area contributed by atoms with E-state index < -0.39 is 10.0 Å². The summed E-state index contributed by atoms with van der Waals surface area (Å²) in [6.07, 6.45) is 1.22. The molecule has 0 fully saturated rings. The quantitative estimate of drug-likeness (QED) is 0.712. The van der Waals surface area contributed by atoms with Gasteiger partial charge in [0, 0.05) is 0 Å². The van der Waals surface area contributed by atoms with Crippen LogP contribution in [0.15, 0.2) is 11.1 Å². The lowest BCUT2D eigenvalue weighted by Gasteiger charge is -2.29. The molecule has 0 unspecified atom stereocenters. The zero-order chi connectivity index (χ0) is 11.9. The van der Waals surface area contributed by atoms with Crippen molar-refractivity contribution in [3.05, 3.63) is 6.20 Å². The lowest BCUT2D eigenvalue weighted by atomic mass is 10.3. The number of sulfonamides is 1. The lowest BCUT2D eigenvalue weighted by Crippen LogP contribution is -2.41. The summed E-state index contributed by atoms with van der Waals surface area (Å²) in [5, 5.41) is 9.01. The standard InChI is InChI=1S/C8H14N4O3S/c1-11(2)6-4-12-8(15-5-6)7(3-10-12)16(9,13)14/h3,6H,4-5H2,1-2H3,(H2,9,13,14)/t6-/m1/s1. The first-order chi connectivity index (χ1) is 7.39. The molecule has 0 amide bonds. The van der Waals surface area contributed by atoms with E-state index in [2.05, 4.69) is 5.10 Å². The second kappa shape index (κ2) is 3.72. The van der Waals surface area contributed by atoms with Gasteiger partial charge < -0.3 is 9.64 Å². The Hall–Kier alpha value is -1.12. The highest BCUT2D eigenvalue weighted by Crippen LogP contribution is 2.26. The van der Waals surface area contributed by atoms with Crippen LogP contribution in [0.4, 0.5) is 0 Å². The summed E-state index contributed by atoms with van der Waals surface area (Å²) >= 11 is 0. The third kappa shape index (κ3) is 1.91. The van der Waals surface area contributed by atoms with Gasteiger partial charge in [-0.3, -0.25) is 0 Å². The molecule has 8 heteroatoms. The van der Waals surface area contributed by atoms with Gasteiger partial charge in [0.25, 0.3) is 0 Å². The third-order valence-electron chi connectivity index (χ3n) is 2.59. The van der Waals surface area contributed by atoms with E-state index in [0.29, 0.717) is 13.2 Å². The van der Waals surface area contributed by atoms with Crippen molar-refractivity contribution >= 4 is 10.0 Å². The molecule has 0 saturated carbocycles. The fourth-order valence-electron chi connectivity index (χ4n) is 1.57. The van der Waals surface area contributed by atoms with Gasteiger partial charge in [0.15, 0.2) is 4.90 Å². The highest BCUT2D eigenvalue weighted by Gasteiger charge is 2.28. The van der Waals surface area contributed by atoms with Gasteiger partial charge in [-0.25, -0.2) is 18.2 Å². The van der Waals surface area contributed by atoms with Crippen LogP contribution in [0.2, 0.25) is 0 Å². The lowest BCUT2D eigenvalue weighted by molar-refractivity contribution is 0.117. The van der Waals surface area contributed by atoms with Gasteiger partial charge in [-0.15, -0.1) is 0 Å². The highest BCUT2D eigenvalue weighted by molar-refractivity contribution is 7.89. The van der Waals surface area contributed by atoms with Gasteiger partial charge >= 0.3 is 0 Å². The molecule has 2 rings (SSSR count). The Morgan fingerprint density at radius 1 is 1.62 bits per heavy atom. The second-order valence-electron chi connectivity index (χ2n) is 3.97. The molecule has 1 aliphatic heterocycles. The van der Waals surface area contributed by atoms with E-state index in [9.17, 15) is 8.42 Å². The second-order valence-corrected chi connectivity index (χ2v) is 5.50. The van der Waals surface area contributed by atoms with E-state index >= 15 is 0 Å². The zero-order valence-corrected chi connectivity index (χ0v) is 9.94. The summed E-state index contributed by atoms with van der Waals surface area (Å²) in [5.41, 5.74) is 0. The SMILES string of the molecule is CN(C)[C@H]1COc2c(S(N)(=O)=O)cnn2C1. The molecule has 0 aliphatic carbocycles. The average Bonchev–Trinajstić information content (AvgIpc) is 2.58. The first-order valence-corrected chi connectivity index (χ1v) is 6.32. The molecule has 1 aromatic rings. The average molecular weight is 246 g/mol. The topological polar surface area (TPSA) is 90.4 Å². The molecule has 1 aliphatic rings. The molecule has 0 aromatic carbocycles. The number of primary sulfonamides is 1. The molecule has 0 bridgehead atoms. The number of hydrogen-bond donors (Lipinski definition) is 1. The van der Waals surface area contributed by atoms with Crippen LogP contribution in [0.25, 0.3) is 0 Å². The summed E-state index contributed by atoms with van der Waals surface area (Å²) < 4.78 is 29.3. The van der Waals surface area contributed by atoms with Crippen LogP contribution < -0.4 is 9.88 Å². The molecule has 0 radical (unpaired) electrons. The minimum atomic E-state index is -3.76. The predicted octanol–water partition coefficient (Wildman–Crippen LogP) is -1.15. The minimum Gasteiger partial charge on any atom is -0.475 e. The number of likely N-dealkylation sites (N-methyl/N-ethyl adjacent to an activating group) is 1. The predicted molar refractivity (Wildman–Crippen MR) is 56.6 cm³/mol. The van der Waals surface area contributed by atoms with Crippen molar-refractivity contribution in [1.82, 2.24) is 14.7 Å². The Labute approximate surface area is 93.8 Å². The van der Waals surface area contributed by atoms with E-state index in [-0.39, 0.29) is 16.8 Å². The summed E-state index contributed by atoms with van der Waals surface area (Å²) in [4.78, 5) is 1.95. The summed E-state index contributed by atoms with van der Waals surface area (Å²) in [6.45, 7) is 1.03. The van der Waals surface area contributed by atoms with Gasteiger partial charge in [-0.1, -0.05) is 0 Å². The van der Waals surface area contributed by atoms with E-state index in [1.165, 1.54) is 10.9 Å². The third-order valence-corrected chi connectivity index (χ3v) is 3.49. The van der Waals surface area contributed by atoms with Gasteiger partial charge in [-0.05, 0) is 14.1 Å². The zero-order valence-electron chi connectivity index (χ0n) is 9.12. The molecular weight excluding hydrogens is 232 g/mol. The van der Waals surface area contributed by atoms with Crippen molar-refractivity contribution in [2.24, 2.45) is 5.14 Å². The maximum absolute atomic E-state index is 11.2. The Morgan fingerprint density at radius 3 is 2.88 bits per heavy atom. The van der Waals surface area contributed by atoms with Crippen LogP contribution in [0.5, 0.6) is 5.88 Å². The normalized spacial score (nSPS) is 20.6. The van der Waals surface area contributed by atoms with Gasteiger partial charge in [0.2, 0.25) is 15.9 Å². The molecule has 0 saturated heterocycles. The maximum Gasteiger partial charge on any atom is 0.245 e. The monoisotopic (exact) mass is 246 g/mol. The first-order valence-electron chi connectivity index (χ1n) is 4.77. The number of hydrogen-bond acceptors (Lipinski definition) is 5. The Morgan fingerprint density at radius 2 is 2.31 bits per heavy atom. The van der Waals surface area contributed by atoms with Gasteiger partial charge in [-0.2, -0.15) is 5.10 Å². The molecule has 90 valence electrons. The molecule has 2 N–H and O–H groups in total. The number of ether oxygens (including phenoxy) is 1. The Kier molecular flexibility index (Phi) is 2.64.